The summed E-state index contributed by atoms with van der Waals surface area (Å²) < 4.78 is 6.65. The molecule has 0 saturated heterocycles. The van der Waals surface area contributed by atoms with Crippen LogP contribution >= 0.6 is 15.9 Å². The molecule has 0 unspecified atom stereocenters. The summed E-state index contributed by atoms with van der Waals surface area (Å²) in [6.45, 7) is 2.42. The standard InChI is InChI=1S/C13H19BrN2O2/c1-9(15)11-8-10(14)5-6-12(11)18-7-3-4-13(17)16-2/h5-6,8-9H,3-4,7,15H2,1-2H3,(H,16,17)/t9-/m0/s1. The Kier molecular flexibility index (Phi) is 6.15. The summed E-state index contributed by atoms with van der Waals surface area (Å²) in [5, 5.41) is 2.58. The third kappa shape index (κ3) is 4.66. The molecule has 0 bridgehead atoms. The van der Waals surface area contributed by atoms with Crippen LogP contribution in [0.3, 0.4) is 0 Å². The Labute approximate surface area is 116 Å². The zero-order valence-corrected chi connectivity index (χ0v) is 12.3. The predicted octanol–water partition coefficient (Wildman–Crippen LogP) is 2.37. The van der Waals surface area contributed by atoms with Crippen molar-refractivity contribution >= 4 is 21.8 Å². The van der Waals surface area contributed by atoms with Crippen LogP contribution in [0.4, 0.5) is 0 Å². The second-order valence-corrected chi connectivity index (χ2v) is 5.01. The fraction of sp³-hybridized carbons (Fsp3) is 0.462. The van der Waals surface area contributed by atoms with Gasteiger partial charge in [0.1, 0.15) is 5.75 Å². The molecule has 0 saturated carbocycles. The molecule has 1 atom stereocenters. The molecule has 0 spiro atoms. The van der Waals surface area contributed by atoms with Crippen molar-refractivity contribution in [2.24, 2.45) is 5.73 Å². The summed E-state index contributed by atoms with van der Waals surface area (Å²) >= 11 is 3.41. The molecule has 1 aromatic rings. The first-order valence-electron chi connectivity index (χ1n) is 5.93. The molecule has 5 heteroatoms. The summed E-state index contributed by atoms with van der Waals surface area (Å²) in [6, 6.07) is 5.68. The molecule has 1 rings (SSSR count). The van der Waals surface area contributed by atoms with E-state index in [4.69, 9.17) is 10.5 Å². The van der Waals surface area contributed by atoms with E-state index in [-0.39, 0.29) is 11.9 Å². The second kappa shape index (κ2) is 7.38. The smallest absolute Gasteiger partial charge is 0.219 e. The van der Waals surface area contributed by atoms with E-state index in [9.17, 15) is 4.79 Å². The highest BCUT2D eigenvalue weighted by Gasteiger charge is 2.09. The molecule has 1 aromatic carbocycles. The van der Waals surface area contributed by atoms with Crippen LogP contribution in [0.25, 0.3) is 0 Å². The normalized spacial score (nSPS) is 12.0. The molecule has 0 aromatic heterocycles. The highest BCUT2D eigenvalue weighted by Crippen LogP contribution is 2.27. The molecule has 4 nitrogen and oxygen atoms in total. The van der Waals surface area contributed by atoms with Crippen molar-refractivity contribution < 1.29 is 9.53 Å². The number of carbonyl (C=O) groups excluding carboxylic acids is 1. The minimum absolute atomic E-state index is 0.0295. The van der Waals surface area contributed by atoms with Crippen LogP contribution < -0.4 is 15.8 Å². The van der Waals surface area contributed by atoms with Gasteiger partial charge in [-0.15, -0.1) is 0 Å². The average molecular weight is 315 g/mol. The number of hydrogen-bond acceptors (Lipinski definition) is 3. The van der Waals surface area contributed by atoms with Crippen LogP contribution in [0, 0.1) is 0 Å². The van der Waals surface area contributed by atoms with Crippen LogP contribution in [0.15, 0.2) is 22.7 Å². The van der Waals surface area contributed by atoms with Crippen molar-refractivity contribution in [2.45, 2.75) is 25.8 Å². The lowest BCUT2D eigenvalue weighted by atomic mass is 10.1. The molecule has 0 aliphatic rings. The van der Waals surface area contributed by atoms with E-state index in [1.807, 2.05) is 25.1 Å². The molecular formula is C13H19BrN2O2. The number of hydrogen-bond donors (Lipinski definition) is 2. The Hall–Kier alpha value is -1.07. The lowest BCUT2D eigenvalue weighted by molar-refractivity contribution is -0.120. The average Bonchev–Trinajstić information content (AvgIpc) is 2.35. The Morgan fingerprint density at radius 3 is 2.89 bits per heavy atom. The Morgan fingerprint density at radius 1 is 1.56 bits per heavy atom. The van der Waals surface area contributed by atoms with E-state index in [1.165, 1.54) is 0 Å². The van der Waals surface area contributed by atoms with Crippen molar-refractivity contribution in [1.29, 1.82) is 0 Å². The number of ether oxygens (including phenoxy) is 1. The lowest BCUT2D eigenvalue weighted by Gasteiger charge is -2.14. The summed E-state index contributed by atoms with van der Waals surface area (Å²) in [6.07, 6.45) is 1.16. The number of rotatable bonds is 6. The molecule has 0 heterocycles. The van der Waals surface area contributed by atoms with Gasteiger partial charge in [-0.05, 0) is 31.5 Å². The van der Waals surface area contributed by atoms with Gasteiger partial charge in [-0.1, -0.05) is 15.9 Å². The minimum atomic E-state index is -0.0866. The highest BCUT2D eigenvalue weighted by molar-refractivity contribution is 9.10. The van der Waals surface area contributed by atoms with Gasteiger partial charge in [0.15, 0.2) is 0 Å². The molecule has 0 fully saturated rings. The lowest BCUT2D eigenvalue weighted by Crippen LogP contribution is -2.18. The predicted molar refractivity (Wildman–Crippen MR) is 75.5 cm³/mol. The van der Waals surface area contributed by atoms with E-state index in [0.29, 0.717) is 19.4 Å². The van der Waals surface area contributed by atoms with Gasteiger partial charge in [0.2, 0.25) is 5.91 Å². The topological polar surface area (TPSA) is 64.3 Å². The van der Waals surface area contributed by atoms with Crippen molar-refractivity contribution in [3.8, 4) is 5.75 Å². The number of amides is 1. The number of nitrogens with one attached hydrogen (secondary N) is 1. The van der Waals surface area contributed by atoms with E-state index in [2.05, 4.69) is 21.2 Å². The molecule has 1 amide bonds. The zero-order valence-electron chi connectivity index (χ0n) is 10.7. The molecule has 0 aliphatic carbocycles. The third-order valence-corrected chi connectivity index (χ3v) is 3.04. The van der Waals surface area contributed by atoms with Gasteiger partial charge in [-0.2, -0.15) is 0 Å². The van der Waals surface area contributed by atoms with Crippen molar-refractivity contribution in [1.82, 2.24) is 5.32 Å². The van der Waals surface area contributed by atoms with Gasteiger partial charge in [0.05, 0.1) is 6.61 Å². The van der Waals surface area contributed by atoms with Gasteiger partial charge in [0.25, 0.3) is 0 Å². The first kappa shape index (κ1) is 15.0. The van der Waals surface area contributed by atoms with Crippen molar-refractivity contribution in [2.75, 3.05) is 13.7 Å². The van der Waals surface area contributed by atoms with Crippen LogP contribution in [-0.2, 0) is 4.79 Å². The van der Waals surface area contributed by atoms with Gasteiger partial charge >= 0.3 is 0 Å². The number of halogens is 1. The zero-order chi connectivity index (χ0) is 13.5. The molecule has 100 valence electrons. The largest absolute Gasteiger partial charge is 0.493 e. The highest BCUT2D eigenvalue weighted by atomic mass is 79.9. The van der Waals surface area contributed by atoms with Crippen molar-refractivity contribution in [3.63, 3.8) is 0 Å². The van der Waals surface area contributed by atoms with E-state index < -0.39 is 0 Å². The number of benzene rings is 1. The number of carbonyl (C=O) groups is 1. The summed E-state index contributed by atoms with van der Waals surface area (Å²) in [4.78, 5) is 11.1. The van der Waals surface area contributed by atoms with Crippen molar-refractivity contribution in [3.05, 3.63) is 28.2 Å². The van der Waals surface area contributed by atoms with Gasteiger partial charge in [-0.25, -0.2) is 0 Å². The second-order valence-electron chi connectivity index (χ2n) is 4.10. The number of nitrogens with two attached hydrogens (primary N) is 1. The molecule has 18 heavy (non-hydrogen) atoms. The summed E-state index contributed by atoms with van der Waals surface area (Å²) in [7, 11) is 1.63. The first-order chi connectivity index (χ1) is 8.54. The SMILES string of the molecule is CNC(=O)CCCOc1ccc(Br)cc1[C@H](C)N. The fourth-order valence-corrected chi connectivity index (χ4v) is 1.93. The van der Waals surface area contributed by atoms with Crippen LogP contribution in [0.2, 0.25) is 0 Å². The van der Waals surface area contributed by atoms with Gasteiger partial charge in [-0.3, -0.25) is 4.79 Å². The fourth-order valence-electron chi connectivity index (χ4n) is 1.55. The molecular weight excluding hydrogens is 296 g/mol. The summed E-state index contributed by atoms with van der Waals surface area (Å²) in [5.74, 6) is 0.812. The molecule has 0 aliphatic heterocycles. The van der Waals surface area contributed by atoms with E-state index >= 15 is 0 Å². The third-order valence-electron chi connectivity index (χ3n) is 2.55. The maximum atomic E-state index is 11.1. The summed E-state index contributed by atoms with van der Waals surface area (Å²) in [5.41, 5.74) is 6.85. The molecule has 3 N–H and O–H groups in total. The van der Waals surface area contributed by atoms with E-state index in [0.717, 1.165) is 15.8 Å². The first-order valence-corrected chi connectivity index (χ1v) is 6.72. The maximum absolute atomic E-state index is 11.1. The van der Waals surface area contributed by atoms with Crippen LogP contribution in [0.1, 0.15) is 31.4 Å². The molecule has 0 radical (unpaired) electrons. The van der Waals surface area contributed by atoms with Crippen LogP contribution in [0.5, 0.6) is 5.75 Å². The minimum Gasteiger partial charge on any atom is -0.493 e. The Bertz CT molecular complexity index is 408. The van der Waals surface area contributed by atoms with Gasteiger partial charge in [0, 0.05) is 29.5 Å². The monoisotopic (exact) mass is 314 g/mol. The van der Waals surface area contributed by atoms with E-state index in [1.54, 1.807) is 7.05 Å². The van der Waals surface area contributed by atoms with Crippen LogP contribution in [-0.4, -0.2) is 19.6 Å². The quantitative estimate of drug-likeness (QED) is 0.792. The van der Waals surface area contributed by atoms with Gasteiger partial charge < -0.3 is 15.8 Å². The maximum Gasteiger partial charge on any atom is 0.219 e. The Balaban J connectivity index is 2.54. The Morgan fingerprint density at radius 2 is 2.28 bits per heavy atom.